The van der Waals surface area contributed by atoms with E-state index >= 15 is 0 Å². The number of nitrogens with zero attached hydrogens (tertiary/aromatic N) is 3. The number of carbonyl (C=O) groups is 1. The van der Waals surface area contributed by atoms with Crippen molar-refractivity contribution in [2.45, 2.75) is 6.54 Å². The number of hydrogen-bond donors (Lipinski definition) is 2. The highest BCUT2D eigenvalue weighted by molar-refractivity contribution is 5.86. The van der Waals surface area contributed by atoms with Crippen molar-refractivity contribution in [3.63, 3.8) is 0 Å². The third-order valence-electron chi connectivity index (χ3n) is 3.85. The third-order valence-corrected chi connectivity index (χ3v) is 3.85. The van der Waals surface area contributed by atoms with E-state index in [1.165, 1.54) is 0 Å². The summed E-state index contributed by atoms with van der Waals surface area (Å²) in [4.78, 5) is 23.2. The summed E-state index contributed by atoms with van der Waals surface area (Å²) in [5, 5.41) is 2.76. The smallest absolute Gasteiger partial charge is 0.411 e. The summed E-state index contributed by atoms with van der Waals surface area (Å²) in [5.74, 6) is 0.803. The Bertz CT molecular complexity index is 702. The van der Waals surface area contributed by atoms with Crippen LogP contribution < -0.4 is 15.0 Å². The summed E-state index contributed by atoms with van der Waals surface area (Å²) >= 11 is 0. The molecule has 1 aromatic heterocycles. The maximum absolute atomic E-state index is 11.9. The number of aromatic nitrogens is 2. The molecule has 2 aromatic rings. The highest BCUT2D eigenvalue weighted by atomic mass is 16.5. The molecule has 134 valence electrons. The van der Waals surface area contributed by atoms with Crippen LogP contribution in [-0.4, -0.2) is 61.4 Å². The Labute approximate surface area is 146 Å². The second kappa shape index (κ2) is 7.89. The number of aromatic amines is 1. The van der Waals surface area contributed by atoms with Crippen LogP contribution in [0.1, 0.15) is 5.69 Å². The molecule has 3 rings (SSSR count). The molecule has 1 amide bonds. The minimum absolute atomic E-state index is 0.346. The lowest BCUT2D eigenvalue weighted by molar-refractivity contribution is 0.151. The average Bonchev–Trinajstić information content (AvgIpc) is 3.08. The number of ether oxygens (including phenoxy) is 2. The van der Waals surface area contributed by atoms with Gasteiger partial charge in [-0.1, -0.05) is 0 Å². The molecule has 2 N–H and O–H groups in total. The van der Waals surface area contributed by atoms with Crippen molar-refractivity contribution in [2.75, 3.05) is 50.6 Å². The Morgan fingerprint density at radius 3 is 3.12 bits per heavy atom. The number of benzene rings is 1. The molecule has 0 radical (unpaired) electrons. The summed E-state index contributed by atoms with van der Waals surface area (Å²) < 4.78 is 10.9. The maximum Gasteiger partial charge on any atom is 0.411 e. The van der Waals surface area contributed by atoms with Crippen molar-refractivity contribution in [2.24, 2.45) is 0 Å². The van der Waals surface area contributed by atoms with Crippen molar-refractivity contribution in [3.8, 4) is 5.75 Å². The van der Waals surface area contributed by atoms with Crippen molar-refractivity contribution >= 4 is 17.5 Å². The van der Waals surface area contributed by atoms with Crippen LogP contribution in [0.15, 0.2) is 30.7 Å². The number of imidazole rings is 1. The van der Waals surface area contributed by atoms with Gasteiger partial charge in [0.25, 0.3) is 0 Å². The second-order valence-electron chi connectivity index (χ2n) is 6.09. The number of amides is 1. The molecule has 0 spiro atoms. The lowest BCUT2D eigenvalue weighted by Crippen LogP contribution is -2.32. The van der Waals surface area contributed by atoms with Gasteiger partial charge in [0.1, 0.15) is 19.0 Å². The lowest BCUT2D eigenvalue weighted by Gasteiger charge is -2.31. The van der Waals surface area contributed by atoms with E-state index in [0.717, 1.165) is 23.7 Å². The standard InChI is InChI=1S/C17H23N5O3/c1-21(2)5-7-25-17(23)20-13-3-4-16-15(9-13)22(6-8-24-16)11-14-10-18-12-19-14/h3-4,9-10,12H,5-8,11H2,1-2H3,(H,18,19)(H,20,23). The monoisotopic (exact) mass is 345 g/mol. The van der Waals surface area contributed by atoms with Crippen LogP contribution in [0.2, 0.25) is 0 Å². The zero-order valence-corrected chi connectivity index (χ0v) is 14.5. The van der Waals surface area contributed by atoms with Crippen molar-refractivity contribution < 1.29 is 14.3 Å². The highest BCUT2D eigenvalue weighted by Gasteiger charge is 2.19. The second-order valence-corrected chi connectivity index (χ2v) is 6.09. The number of carbonyl (C=O) groups excluding carboxylic acids is 1. The van der Waals surface area contributed by atoms with Crippen LogP contribution in [-0.2, 0) is 11.3 Å². The number of likely N-dealkylation sites (N-methyl/N-ethyl adjacent to an activating group) is 1. The van der Waals surface area contributed by atoms with Gasteiger partial charge in [0, 0.05) is 18.4 Å². The molecular formula is C17H23N5O3. The molecule has 0 aliphatic carbocycles. The number of fused-ring (bicyclic) bond motifs is 1. The Morgan fingerprint density at radius 1 is 1.48 bits per heavy atom. The number of rotatable bonds is 6. The molecule has 0 saturated carbocycles. The SMILES string of the molecule is CN(C)CCOC(=O)Nc1ccc2c(c1)N(Cc1cnc[nH]1)CCO2. The summed E-state index contributed by atoms with van der Waals surface area (Å²) in [6, 6.07) is 5.58. The van der Waals surface area contributed by atoms with Gasteiger partial charge in [0.15, 0.2) is 0 Å². The average molecular weight is 345 g/mol. The Hall–Kier alpha value is -2.74. The Morgan fingerprint density at radius 2 is 2.36 bits per heavy atom. The fraction of sp³-hybridized carbons (Fsp3) is 0.412. The molecule has 1 aliphatic heterocycles. The number of H-pyrrole nitrogens is 1. The fourth-order valence-electron chi connectivity index (χ4n) is 2.57. The summed E-state index contributed by atoms with van der Waals surface area (Å²) in [6.07, 6.45) is 3.01. The zero-order valence-electron chi connectivity index (χ0n) is 14.5. The quantitative estimate of drug-likeness (QED) is 0.832. The molecule has 8 nitrogen and oxygen atoms in total. The topological polar surface area (TPSA) is 82.7 Å². The molecule has 1 aliphatic rings. The minimum atomic E-state index is -0.460. The van der Waals surface area contributed by atoms with E-state index in [2.05, 4.69) is 20.2 Å². The maximum atomic E-state index is 11.9. The van der Waals surface area contributed by atoms with E-state index in [9.17, 15) is 4.79 Å². The predicted octanol–water partition coefficient (Wildman–Crippen LogP) is 1.92. The molecule has 0 atom stereocenters. The third kappa shape index (κ3) is 4.63. The molecular weight excluding hydrogens is 322 g/mol. The fourth-order valence-corrected chi connectivity index (χ4v) is 2.57. The van der Waals surface area contributed by atoms with Gasteiger partial charge in [-0.2, -0.15) is 0 Å². The first-order valence-corrected chi connectivity index (χ1v) is 8.19. The number of nitrogens with one attached hydrogen (secondary N) is 2. The molecule has 1 aromatic carbocycles. The van der Waals surface area contributed by atoms with Gasteiger partial charge in [-0.05, 0) is 32.3 Å². The highest BCUT2D eigenvalue weighted by Crippen LogP contribution is 2.34. The van der Waals surface area contributed by atoms with Gasteiger partial charge in [0.05, 0.1) is 30.8 Å². The molecule has 0 unspecified atom stereocenters. The van der Waals surface area contributed by atoms with Crippen molar-refractivity contribution in [3.05, 3.63) is 36.4 Å². The molecule has 0 saturated heterocycles. The van der Waals surface area contributed by atoms with Crippen LogP contribution in [0.5, 0.6) is 5.75 Å². The molecule has 2 heterocycles. The van der Waals surface area contributed by atoms with Crippen LogP contribution in [0.3, 0.4) is 0 Å². The summed E-state index contributed by atoms with van der Waals surface area (Å²) in [7, 11) is 3.86. The minimum Gasteiger partial charge on any atom is -0.490 e. The van der Waals surface area contributed by atoms with Crippen molar-refractivity contribution in [1.29, 1.82) is 0 Å². The van der Waals surface area contributed by atoms with Gasteiger partial charge < -0.3 is 24.3 Å². The van der Waals surface area contributed by atoms with Gasteiger partial charge in [-0.3, -0.25) is 5.32 Å². The number of hydrogen-bond acceptors (Lipinski definition) is 6. The first-order chi connectivity index (χ1) is 12.1. The normalized spacial score (nSPS) is 13.3. The molecule has 0 fully saturated rings. The van der Waals surface area contributed by atoms with E-state index < -0.39 is 6.09 Å². The Kier molecular flexibility index (Phi) is 5.39. The van der Waals surface area contributed by atoms with Gasteiger partial charge in [0.2, 0.25) is 0 Å². The van der Waals surface area contributed by atoms with Crippen LogP contribution in [0.4, 0.5) is 16.2 Å². The predicted molar refractivity (Wildman–Crippen MR) is 95.1 cm³/mol. The van der Waals surface area contributed by atoms with Gasteiger partial charge in [-0.25, -0.2) is 9.78 Å². The molecule has 25 heavy (non-hydrogen) atoms. The zero-order chi connectivity index (χ0) is 17.6. The van der Waals surface area contributed by atoms with E-state index in [-0.39, 0.29) is 0 Å². The number of anilines is 2. The largest absolute Gasteiger partial charge is 0.490 e. The van der Waals surface area contributed by atoms with Crippen molar-refractivity contribution in [1.82, 2.24) is 14.9 Å². The van der Waals surface area contributed by atoms with Crippen LogP contribution in [0, 0.1) is 0 Å². The molecule has 8 heteroatoms. The molecule has 0 bridgehead atoms. The van der Waals surface area contributed by atoms with E-state index in [4.69, 9.17) is 9.47 Å². The van der Waals surface area contributed by atoms with Crippen LogP contribution in [0.25, 0.3) is 0 Å². The van der Waals surface area contributed by atoms with Gasteiger partial charge >= 0.3 is 6.09 Å². The van der Waals surface area contributed by atoms with E-state index in [0.29, 0.717) is 32.0 Å². The summed E-state index contributed by atoms with van der Waals surface area (Å²) in [6.45, 7) is 3.12. The Balaban J connectivity index is 1.66. The van der Waals surface area contributed by atoms with Crippen LogP contribution >= 0.6 is 0 Å². The lowest BCUT2D eigenvalue weighted by atomic mass is 10.2. The first-order valence-electron chi connectivity index (χ1n) is 8.19. The summed E-state index contributed by atoms with van der Waals surface area (Å²) in [5.41, 5.74) is 2.63. The first kappa shape index (κ1) is 17.1. The van der Waals surface area contributed by atoms with Gasteiger partial charge in [-0.15, -0.1) is 0 Å². The van der Waals surface area contributed by atoms with E-state index in [1.807, 2.05) is 37.2 Å². The van der Waals surface area contributed by atoms with E-state index in [1.54, 1.807) is 12.5 Å².